The van der Waals surface area contributed by atoms with Gasteiger partial charge in [-0.1, -0.05) is 43.7 Å². The SMILES string of the molecule is [CH2]CCCc1sc(C)nc1-c1ccccc1. The van der Waals surface area contributed by atoms with Crippen molar-refractivity contribution in [3.63, 3.8) is 0 Å². The number of thiazole rings is 1. The van der Waals surface area contributed by atoms with E-state index in [1.807, 2.05) is 17.4 Å². The standard InChI is InChI=1S/C14H16NS/c1-3-4-10-13-14(15-11(2)16-13)12-8-6-5-7-9-12/h5-9H,1,3-4,10H2,2H3. The van der Waals surface area contributed by atoms with Gasteiger partial charge in [-0.15, -0.1) is 11.3 Å². The maximum absolute atomic E-state index is 4.63. The molecule has 0 atom stereocenters. The maximum atomic E-state index is 4.63. The molecular formula is C14H16NS. The van der Waals surface area contributed by atoms with Gasteiger partial charge in [-0.05, 0) is 19.8 Å². The lowest BCUT2D eigenvalue weighted by Gasteiger charge is -2.01. The zero-order valence-corrected chi connectivity index (χ0v) is 10.4. The average molecular weight is 230 g/mol. The summed E-state index contributed by atoms with van der Waals surface area (Å²) in [7, 11) is 0. The number of hydrogen-bond acceptors (Lipinski definition) is 2. The van der Waals surface area contributed by atoms with Crippen LogP contribution in [0.3, 0.4) is 0 Å². The minimum Gasteiger partial charge on any atom is -0.241 e. The summed E-state index contributed by atoms with van der Waals surface area (Å²) in [5.74, 6) is 0. The monoisotopic (exact) mass is 230 g/mol. The lowest BCUT2D eigenvalue weighted by molar-refractivity contribution is 0.852. The molecule has 0 N–H and O–H groups in total. The third kappa shape index (κ3) is 2.50. The van der Waals surface area contributed by atoms with E-state index < -0.39 is 0 Å². The van der Waals surface area contributed by atoms with Crippen LogP contribution in [0.25, 0.3) is 11.3 Å². The van der Waals surface area contributed by atoms with Gasteiger partial charge in [0.1, 0.15) is 0 Å². The molecule has 1 aromatic carbocycles. The molecule has 83 valence electrons. The Bertz CT molecular complexity index is 445. The highest BCUT2D eigenvalue weighted by atomic mass is 32.1. The van der Waals surface area contributed by atoms with Crippen LogP contribution in [0.15, 0.2) is 30.3 Å². The zero-order valence-electron chi connectivity index (χ0n) is 9.57. The molecule has 16 heavy (non-hydrogen) atoms. The van der Waals surface area contributed by atoms with E-state index in [0.29, 0.717) is 0 Å². The average Bonchev–Trinajstić information content (AvgIpc) is 2.69. The first kappa shape index (κ1) is 11.3. The van der Waals surface area contributed by atoms with E-state index in [1.165, 1.54) is 10.4 Å². The maximum Gasteiger partial charge on any atom is 0.0904 e. The van der Waals surface area contributed by atoms with Gasteiger partial charge >= 0.3 is 0 Å². The van der Waals surface area contributed by atoms with Crippen molar-refractivity contribution < 1.29 is 0 Å². The van der Waals surface area contributed by atoms with Crippen molar-refractivity contribution in [1.82, 2.24) is 4.98 Å². The first-order valence-electron chi connectivity index (χ1n) is 5.62. The second-order valence-electron chi connectivity index (χ2n) is 3.83. The quantitative estimate of drug-likeness (QED) is 0.764. The van der Waals surface area contributed by atoms with E-state index in [-0.39, 0.29) is 0 Å². The molecule has 0 bridgehead atoms. The van der Waals surface area contributed by atoms with E-state index in [4.69, 9.17) is 0 Å². The zero-order chi connectivity index (χ0) is 11.4. The van der Waals surface area contributed by atoms with Gasteiger partial charge in [0, 0.05) is 10.4 Å². The van der Waals surface area contributed by atoms with Gasteiger partial charge in [-0.2, -0.15) is 0 Å². The summed E-state index contributed by atoms with van der Waals surface area (Å²) in [6.45, 7) is 5.97. The van der Waals surface area contributed by atoms with E-state index in [2.05, 4.69) is 43.1 Å². The fraction of sp³-hybridized carbons (Fsp3) is 0.286. The molecule has 1 radical (unpaired) electrons. The molecule has 2 rings (SSSR count). The van der Waals surface area contributed by atoms with Crippen LogP contribution in [-0.2, 0) is 6.42 Å². The van der Waals surface area contributed by atoms with Gasteiger partial charge in [0.05, 0.1) is 10.7 Å². The second kappa shape index (κ2) is 5.26. The van der Waals surface area contributed by atoms with Crippen molar-refractivity contribution >= 4 is 11.3 Å². The number of unbranched alkanes of at least 4 members (excludes halogenated alkanes) is 1. The molecule has 2 heteroatoms. The molecule has 0 amide bonds. The molecule has 1 aromatic heterocycles. The third-order valence-electron chi connectivity index (χ3n) is 2.51. The minimum atomic E-state index is 0.991. The van der Waals surface area contributed by atoms with Crippen LogP contribution in [0.2, 0.25) is 0 Å². The number of hydrogen-bond donors (Lipinski definition) is 0. The Hall–Kier alpha value is -1.15. The molecule has 0 unspecified atom stereocenters. The summed E-state index contributed by atoms with van der Waals surface area (Å²) < 4.78 is 0. The van der Waals surface area contributed by atoms with Crippen LogP contribution in [0.5, 0.6) is 0 Å². The van der Waals surface area contributed by atoms with Gasteiger partial charge in [-0.25, -0.2) is 4.98 Å². The van der Waals surface area contributed by atoms with Gasteiger partial charge in [0.15, 0.2) is 0 Å². The molecule has 0 aliphatic carbocycles. The van der Waals surface area contributed by atoms with Crippen molar-refractivity contribution in [3.8, 4) is 11.3 Å². The van der Waals surface area contributed by atoms with Gasteiger partial charge in [0.25, 0.3) is 0 Å². The Labute approximate surface area is 101 Å². The Balaban J connectivity index is 2.33. The van der Waals surface area contributed by atoms with Crippen molar-refractivity contribution in [2.45, 2.75) is 26.2 Å². The molecular weight excluding hydrogens is 214 g/mol. The number of aromatic nitrogens is 1. The van der Waals surface area contributed by atoms with Crippen molar-refractivity contribution in [3.05, 3.63) is 47.1 Å². The van der Waals surface area contributed by atoms with E-state index >= 15 is 0 Å². The summed E-state index contributed by atoms with van der Waals surface area (Å²) >= 11 is 1.81. The predicted octanol–water partition coefficient (Wildman–Crippen LogP) is 4.28. The van der Waals surface area contributed by atoms with E-state index in [9.17, 15) is 0 Å². The third-order valence-corrected chi connectivity index (χ3v) is 3.54. The first-order chi connectivity index (χ1) is 7.81. The topological polar surface area (TPSA) is 12.9 Å². The van der Waals surface area contributed by atoms with Crippen LogP contribution < -0.4 is 0 Å². The highest BCUT2D eigenvalue weighted by Gasteiger charge is 2.09. The molecule has 0 fully saturated rings. The highest BCUT2D eigenvalue weighted by Crippen LogP contribution is 2.29. The van der Waals surface area contributed by atoms with Crippen LogP contribution in [0.1, 0.15) is 22.7 Å². The van der Waals surface area contributed by atoms with Crippen LogP contribution in [-0.4, -0.2) is 4.98 Å². The molecule has 0 saturated carbocycles. The minimum absolute atomic E-state index is 0.991. The van der Waals surface area contributed by atoms with E-state index in [0.717, 1.165) is 30.0 Å². The molecule has 1 nitrogen and oxygen atoms in total. The lowest BCUT2D eigenvalue weighted by atomic mass is 10.1. The molecule has 0 saturated heterocycles. The van der Waals surface area contributed by atoms with Crippen LogP contribution in [0, 0.1) is 13.8 Å². The number of benzene rings is 1. The molecule has 1 heterocycles. The van der Waals surface area contributed by atoms with Crippen molar-refractivity contribution in [2.24, 2.45) is 0 Å². The summed E-state index contributed by atoms with van der Waals surface area (Å²) in [6.07, 6.45) is 3.23. The van der Waals surface area contributed by atoms with Crippen LogP contribution in [0.4, 0.5) is 0 Å². The van der Waals surface area contributed by atoms with Gasteiger partial charge in [0.2, 0.25) is 0 Å². The van der Waals surface area contributed by atoms with Crippen LogP contribution >= 0.6 is 11.3 Å². The summed E-state index contributed by atoms with van der Waals surface area (Å²) in [5.41, 5.74) is 2.39. The fourth-order valence-electron chi connectivity index (χ4n) is 1.75. The smallest absolute Gasteiger partial charge is 0.0904 e. The molecule has 0 aliphatic heterocycles. The Morgan fingerprint density at radius 3 is 2.69 bits per heavy atom. The predicted molar refractivity (Wildman–Crippen MR) is 70.6 cm³/mol. The Kier molecular flexibility index (Phi) is 3.73. The van der Waals surface area contributed by atoms with Gasteiger partial charge in [-0.3, -0.25) is 0 Å². The fourth-order valence-corrected chi connectivity index (χ4v) is 2.75. The number of rotatable bonds is 4. The highest BCUT2D eigenvalue weighted by molar-refractivity contribution is 7.12. The van der Waals surface area contributed by atoms with E-state index in [1.54, 1.807) is 0 Å². The number of aryl methyl sites for hydroxylation is 2. The van der Waals surface area contributed by atoms with Crippen molar-refractivity contribution in [2.75, 3.05) is 0 Å². The number of nitrogens with zero attached hydrogens (tertiary/aromatic N) is 1. The lowest BCUT2D eigenvalue weighted by Crippen LogP contribution is -1.86. The Morgan fingerprint density at radius 1 is 1.25 bits per heavy atom. The summed E-state index contributed by atoms with van der Waals surface area (Å²) in [4.78, 5) is 6.03. The largest absolute Gasteiger partial charge is 0.241 e. The summed E-state index contributed by atoms with van der Waals surface area (Å²) in [5, 5.41) is 1.15. The second-order valence-corrected chi connectivity index (χ2v) is 5.12. The summed E-state index contributed by atoms with van der Waals surface area (Å²) in [6, 6.07) is 10.4. The normalized spacial score (nSPS) is 10.6. The molecule has 0 aliphatic rings. The first-order valence-corrected chi connectivity index (χ1v) is 6.44. The van der Waals surface area contributed by atoms with Crippen molar-refractivity contribution in [1.29, 1.82) is 0 Å². The Morgan fingerprint density at radius 2 is 2.00 bits per heavy atom. The molecule has 2 aromatic rings. The molecule has 0 spiro atoms. The van der Waals surface area contributed by atoms with Gasteiger partial charge < -0.3 is 0 Å².